The molecule has 0 aliphatic heterocycles. The third-order valence-corrected chi connectivity index (χ3v) is 13.2. The molecule has 2 aromatic heterocycles. The molecule has 0 amide bonds. The molecule has 11 aromatic rings. The Balaban J connectivity index is 1.07. The Morgan fingerprint density at radius 2 is 0.873 bits per heavy atom. The van der Waals surface area contributed by atoms with Crippen LogP contribution in [-0.2, 0) is 0 Å². The van der Waals surface area contributed by atoms with Crippen molar-refractivity contribution in [3.63, 3.8) is 0 Å². The van der Waals surface area contributed by atoms with E-state index in [1.165, 1.54) is 84.5 Å². The third-order valence-electron chi connectivity index (χ3n) is 10.9. The van der Waals surface area contributed by atoms with Crippen LogP contribution in [0.3, 0.4) is 0 Å². The molecule has 0 unspecified atom stereocenters. The Morgan fingerprint density at radius 3 is 1.73 bits per heavy atom. The number of anilines is 3. The number of thiophene rings is 2. The lowest BCUT2D eigenvalue weighted by molar-refractivity contribution is 1.28. The zero-order valence-corrected chi connectivity index (χ0v) is 31.4. The maximum atomic E-state index is 2.43. The van der Waals surface area contributed by atoms with Gasteiger partial charge in [-0.2, -0.15) is 0 Å². The molecule has 9 aromatic carbocycles. The average molecular weight is 736 g/mol. The fourth-order valence-corrected chi connectivity index (χ4v) is 10.5. The van der Waals surface area contributed by atoms with Gasteiger partial charge in [-0.15, -0.1) is 22.7 Å². The highest BCUT2D eigenvalue weighted by Gasteiger charge is 2.19. The second-order valence-corrected chi connectivity index (χ2v) is 16.3. The van der Waals surface area contributed by atoms with Gasteiger partial charge in [-0.3, -0.25) is 0 Å². The molecule has 55 heavy (non-hydrogen) atoms. The molecular weight excluding hydrogens is 703 g/mol. The Labute approximate surface area is 327 Å². The van der Waals surface area contributed by atoms with Crippen LogP contribution in [0.15, 0.2) is 200 Å². The number of hydrogen-bond donors (Lipinski definition) is 0. The summed E-state index contributed by atoms with van der Waals surface area (Å²) in [6.45, 7) is 0. The van der Waals surface area contributed by atoms with Crippen LogP contribution in [0.2, 0.25) is 0 Å². The van der Waals surface area contributed by atoms with Gasteiger partial charge < -0.3 is 4.90 Å². The summed E-state index contributed by atoms with van der Waals surface area (Å²) in [6.07, 6.45) is 0. The molecule has 0 aliphatic carbocycles. The van der Waals surface area contributed by atoms with Crippen LogP contribution in [-0.4, -0.2) is 0 Å². The molecule has 258 valence electrons. The van der Waals surface area contributed by atoms with E-state index in [1.807, 2.05) is 22.7 Å². The first-order valence-electron chi connectivity index (χ1n) is 18.7. The molecule has 0 saturated carbocycles. The highest BCUT2D eigenvalue weighted by molar-refractivity contribution is 7.26. The van der Waals surface area contributed by atoms with Crippen LogP contribution in [0.1, 0.15) is 0 Å². The summed E-state index contributed by atoms with van der Waals surface area (Å²) >= 11 is 3.73. The fraction of sp³-hybridized carbons (Fsp3) is 0. The number of benzene rings is 9. The van der Waals surface area contributed by atoms with Crippen molar-refractivity contribution in [2.75, 3.05) is 4.90 Å². The number of fused-ring (bicyclic) bond motifs is 7. The largest absolute Gasteiger partial charge is 0.310 e. The maximum absolute atomic E-state index is 2.43. The van der Waals surface area contributed by atoms with Crippen LogP contribution in [0.4, 0.5) is 17.1 Å². The standard InChI is InChI=1S/C52H33NS2/c1-2-15-41-34(11-1)12-10-19-42(41)35-23-27-39(28-24-35)53(40-14-9-13-36(31-40)37-25-29-46-44-17-4-7-21-49(44)55-52(46)33-37)48-20-6-3-16-43(48)38-26-30-51-47(32-38)45-18-5-8-22-50(45)54-51/h1-33H. The van der Waals surface area contributed by atoms with Gasteiger partial charge in [0.05, 0.1) is 5.69 Å². The van der Waals surface area contributed by atoms with Crippen molar-refractivity contribution >= 4 is 90.9 Å². The summed E-state index contributed by atoms with van der Waals surface area (Å²) in [4.78, 5) is 2.43. The van der Waals surface area contributed by atoms with E-state index in [4.69, 9.17) is 0 Å². The summed E-state index contributed by atoms with van der Waals surface area (Å²) in [6, 6.07) is 73.5. The topological polar surface area (TPSA) is 3.24 Å². The third kappa shape index (κ3) is 5.51. The Kier molecular flexibility index (Phi) is 7.61. The van der Waals surface area contributed by atoms with Crippen LogP contribution in [0, 0.1) is 0 Å². The van der Waals surface area contributed by atoms with Gasteiger partial charge in [-0.25, -0.2) is 0 Å². The lowest BCUT2D eigenvalue weighted by Gasteiger charge is -2.28. The SMILES string of the molecule is c1cc(-c2ccc3c(c2)sc2ccccc23)cc(N(c2ccc(-c3cccc4ccccc34)cc2)c2ccccc2-c2ccc3sc4ccccc4c3c2)c1. The van der Waals surface area contributed by atoms with Crippen LogP contribution in [0.25, 0.3) is 84.5 Å². The zero-order chi connectivity index (χ0) is 36.3. The van der Waals surface area contributed by atoms with E-state index in [0.717, 1.165) is 17.1 Å². The quantitative estimate of drug-likeness (QED) is 0.164. The lowest BCUT2D eigenvalue weighted by Crippen LogP contribution is -2.11. The highest BCUT2D eigenvalue weighted by atomic mass is 32.1. The van der Waals surface area contributed by atoms with E-state index in [1.54, 1.807) is 0 Å². The second-order valence-electron chi connectivity index (χ2n) is 14.1. The molecule has 0 aliphatic rings. The minimum absolute atomic E-state index is 1.11. The fourth-order valence-electron chi connectivity index (χ4n) is 8.23. The van der Waals surface area contributed by atoms with Gasteiger partial charge in [0.15, 0.2) is 0 Å². The minimum Gasteiger partial charge on any atom is -0.310 e. The molecule has 0 radical (unpaired) electrons. The van der Waals surface area contributed by atoms with Gasteiger partial charge in [0.25, 0.3) is 0 Å². The first-order chi connectivity index (χ1) is 27.2. The molecule has 0 N–H and O–H groups in total. The molecular formula is C52H33NS2. The maximum Gasteiger partial charge on any atom is 0.0540 e. The van der Waals surface area contributed by atoms with Crippen molar-refractivity contribution in [2.24, 2.45) is 0 Å². The summed E-state index contributed by atoms with van der Waals surface area (Å²) in [5, 5.41) is 7.77. The highest BCUT2D eigenvalue weighted by Crippen LogP contribution is 2.45. The van der Waals surface area contributed by atoms with Crippen molar-refractivity contribution in [2.45, 2.75) is 0 Å². The predicted octanol–water partition coefficient (Wildman–Crippen LogP) is 16.0. The molecule has 1 nitrogen and oxygen atoms in total. The van der Waals surface area contributed by atoms with Gasteiger partial charge in [-0.1, -0.05) is 140 Å². The van der Waals surface area contributed by atoms with Crippen molar-refractivity contribution in [1.82, 2.24) is 0 Å². The van der Waals surface area contributed by atoms with Crippen LogP contribution < -0.4 is 4.90 Å². The van der Waals surface area contributed by atoms with Gasteiger partial charge in [-0.05, 0) is 99.3 Å². The van der Waals surface area contributed by atoms with Gasteiger partial charge in [0.1, 0.15) is 0 Å². The van der Waals surface area contributed by atoms with E-state index in [-0.39, 0.29) is 0 Å². The Morgan fingerprint density at radius 1 is 0.291 bits per heavy atom. The van der Waals surface area contributed by atoms with Crippen LogP contribution in [0.5, 0.6) is 0 Å². The first kappa shape index (κ1) is 32.0. The Hall–Kier alpha value is -6.52. The molecule has 0 fully saturated rings. The van der Waals surface area contributed by atoms with E-state index >= 15 is 0 Å². The second kappa shape index (κ2) is 13.1. The predicted molar refractivity (Wildman–Crippen MR) is 241 cm³/mol. The summed E-state index contributed by atoms with van der Waals surface area (Å²) < 4.78 is 5.27. The number of rotatable bonds is 6. The molecule has 0 spiro atoms. The minimum atomic E-state index is 1.11. The van der Waals surface area contributed by atoms with Gasteiger partial charge in [0, 0.05) is 57.3 Å². The summed E-state index contributed by atoms with van der Waals surface area (Å²) in [5.41, 5.74) is 10.6. The molecule has 3 heteroatoms. The number of para-hydroxylation sites is 1. The lowest BCUT2D eigenvalue weighted by atomic mass is 9.97. The van der Waals surface area contributed by atoms with E-state index in [0.29, 0.717) is 0 Å². The van der Waals surface area contributed by atoms with Gasteiger partial charge in [0.2, 0.25) is 0 Å². The first-order valence-corrected chi connectivity index (χ1v) is 20.3. The summed E-state index contributed by atoms with van der Waals surface area (Å²) in [7, 11) is 0. The van der Waals surface area contributed by atoms with E-state index in [2.05, 4.69) is 205 Å². The number of nitrogens with zero attached hydrogens (tertiary/aromatic N) is 1. The number of hydrogen-bond acceptors (Lipinski definition) is 3. The Bertz CT molecular complexity index is 3220. The molecule has 0 bridgehead atoms. The summed E-state index contributed by atoms with van der Waals surface area (Å²) in [5.74, 6) is 0. The molecule has 2 heterocycles. The van der Waals surface area contributed by atoms with E-state index < -0.39 is 0 Å². The average Bonchev–Trinajstić information content (AvgIpc) is 3.82. The molecule has 0 saturated heterocycles. The molecule has 11 rings (SSSR count). The van der Waals surface area contributed by atoms with Gasteiger partial charge >= 0.3 is 0 Å². The van der Waals surface area contributed by atoms with Crippen molar-refractivity contribution < 1.29 is 0 Å². The van der Waals surface area contributed by atoms with E-state index in [9.17, 15) is 0 Å². The van der Waals surface area contributed by atoms with Crippen molar-refractivity contribution in [3.05, 3.63) is 200 Å². The normalized spacial score (nSPS) is 11.6. The van der Waals surface area contributed by atoms with Crippen molar-refractivity contribution in [3.8, 4) is 33.4 Å². The molecule has 0 atom stereocenters. The zero-order valence-electron chi connectivity index (χ0n) is 29.8. The van der Waals surface area contributed by atoms with Crippen LogP contribution >= 0.6 is 22.7 Å². The van der Waals surface area contributed by atoms with Crippen molar-refractivity contribution in [1.29, 1.82) is 0 Å². The monoisotopic (exact) mass is 735 g/mol. The smallest absolute Gasteiger partial charge is 0.0540 e.